The smallest absolute Gasteiger partial charge is 0.298 e. The van der Waals surface area contributed by atoms with Crippen LogP contribution in [0.3, 0.4) is 0 Å². The van der Waals surface area contributed by atoms with Gasteiger partial charge in [0.05, 0.1) is 12.7 Å². The van der Waals surface area contributed by atoms with E-state index in [1.807, 2.05) is 53.4 Å². The normalized spacial score (nSPS) is 10.6. The molecule has 0 aliphatic heterocycles. The fourth-order valence-corrected chi connectivity index (χ4v) is 3.13. The Morgan fingerprint density at radius 3 is 2.71 bits per heavy atom. The molecule has 0 saturated carbocycles. The molecule has 156 valence electrons. The summed E-state index contributed by atoms with van der Waals surface area (Å²) in [5.41, 5.74) is 8.80. The molecule has 0 aliphatic carbocycles. The van der Waals surface area contributed by atoms with E-state index in [0.29, 0.717) is 48.6 Å². The number of nitrogens with zero attached hydrogens (tertiary/aromatic N) is 4. The second-order valence-corrected chi connectivity index (χ2v) is 6.76. The number of hydrogen-bond acceptors (Lipinski definition) is 8. The number of para-hydroxylation sites is 2. The average Bonchev–Trinajstić information content (AvgIpc) is 3.24. The van der Waals surface area contributed by atoms with Crippen LogP contribution in [0.25, 0.3) is 11.1 Å². The van der Waals surface area contributed by atoms with E-state index < -0.39 is 0 Å². The number of hydrogen-bond donors (Lipinski definition) is 1. The summed E-state index contributed by atoms with van der Waals surface area (Å²) < 4.78 is 17.2. The lowest BCUT2D eigenvalue weighted by molar-refractivity contribution is 0.373. The van der Waals surface area contributed by atoms with Crippen LogP contribution in [0.5, 0.6) is 17.4 Å². The number of oxazole rings is 1. The van der Waals surface area contributed by atoms with Crippen LogP contribution in [0, 0.1) is 11.3 Å². The molecule has 4 rings (SSSR count). The zero-order valence-corrected chi connectivity index (χ0v) is 17.0. The van der Waals surface area contributed by atoms with Crippen molar-refractivity contribution in [3.8, 4) is 23.4 Å². The summed E-state index contributed by atoms with van der Waals surface area (Å²) in [6.07, 6.45) is 1.46. The molecule has 0 saturated heterocycles. The van der Waals surface area contributed by atoms with Crippen molar-refractivity contribution >= 4 is 17.1 Å². The molecular weight excluding hydrogens is 394 g/mol. The fraction of sp³-hybridized carbons (Fsp3) is 0.174. The minimum atomic E-state index is 0.376. The molecular formula is C23H21N5O3. The monoisotopic (exact) mass is 415 g/mol. The lowest BCUT2D eigenvalue weighted by Crippen LogP contribution is -2.29. The highest BCUT2D eigenvalue weighted by molar-refractivity contribution is 5.74. The van der Waals surface area contributed by atoms with Gasteiger partial charge in [-0.3, -0.25) is 0 Å². The summed E-state index contributed by atoms with van der Waals surface area (Å²) in [6.45, 7) is 1.58. The molecule has 8 nitrogen and oxygen atoms in total. The molecule has 8 heteroatoms. The summed E-state index contributed by atoms with van der Waals surface area (Å²) in [5.74, 6) is 1.46. The van der Waals surface area contributed by atoms with Crippen molar-refractivity contribution in [2.24, 2.45) is 5.73 Å². The van der Waals surface area contributed by atoms with Gasteiger partial charge in [-0.15, -0.1) is 0 Å². The van der Waals surface area contributed by atoms with Crippen molar-refractivity contribution < 1.29 is 13.9 Å². The predicted octanol–water partition coefficient (Wildman–Crippen LogP) is 3.86. The summed E-state index contributed by atoms with van der Waals surface area (Å²) in [6, 6.07) is 19.1. The fourth-order valence-electron chi connectivity index (χ4n) is 3.13. The van der Waals surface area contributed by atoms with Gasteiger partial charge in [0.25, 0.3) is 6.01 Å². The number of methoxy groups -OCH3 is 1. The highest BCUT2D eigenvalue weighted by Gasteiger charge is 2.16. The van der Waals surface area contributed by atoms with E-state index in [2.05, 4.69) is 9.97 Å². The zero-order valence-electron chi connectivity index (χ0n) is 17.0. The predicted molar refractivity (Wildman–Crippen MR) is 116 cm³/mol. The SMILES string of the molecule is COc1cc(CN(CCN)c2nc3ccccc3o2)ccc1Oc1ccc(C#N)cn1. The van der Waals surface area contributed by atoms with E-state index in [9.17, 15) is 0 Å². The van der Waals surface area contributed by atoms with Gasteiger partial charge in [-0.05, 0) is 35.9 Å². The second-order valence-electron chi connectivity index (χ2n) is 6.76. The molecule has 0 unspecified atom stereocenters. The Balaban J connectivity index is 1.55. The van der Waals surface area contributed by atoms with E-state index in [-0.39, 0.29) is 0 Å². The largest absolute Gasteiger partial charge is 0.493 e. The van der Waals surface area contributed by atoms with Gasteiger partial charge in [0.1, 0.15) is 11.6 Å². The van der Waals surface area contributed by atoms with Crippen LogP contribution in [0.2, 0.25) is 0 Å². The molecule has 2 N–H and O–H groups in total. The quantitative estimate of drug-likeness (QED) is 0.462. The van der Waals surface area contributed by atoms with Gasteiger partial charge < -0.3 is 24.5 Å². The molecule has 31 heavy (non-hydrogen) atoms. The number of ether oxygens (including phenoxy) is 2. The van der Waals surface area contributed by atoms with Crippen molar-refractivity contribution in [1.82, 2.24) is 9.97 Å². The molecule has 2 heterocycles. The third kappa shape index (κ3) is 4.57. The molecule has 0 bridgehead atoms. The summed E-state index contributed by atoms with van der Waals surface area (Å²) in [5, 5.41) is 8.89. The Bertz CT molecular complexity index is 1180. The Hall–Kier alpha value is -4.09. The molecule has 2 aromatic carbocycles. The number of benzene rings is 2. The first-order valence-corrected chi connectivity index (χ1v) is 9.71. The third-order valence-electron chi connectivity index (χ3n) is 4.63. The van der Waals surface area contributed by atoms with Crippen LogP contribution in [-0.2, 0) is 6.54 Å². The van der Waals surface area contributed by atoms with E-state index in [1.54, 1.807) is 19.2 Å². The first-order valence-electron chi connectivity index (χ1n) is 9.71. The number of aromatic nitrogens is 2. The van der Waals surface area contributed by atoms with Crippen LogP contribution in [-0.4, -0.2) is 30.2 Å². The summed E-state index contributed by atoms with van der Waals surface area (Å²) in [4.78, 5) is 10.7. The Kier molecular flexibility index (Phi) is 5.96. The highest BCUT2D eigenvalue weighted by Crippen LogP contribution is 2.32. The Labute approximate surface area is 179 Å². The van der Waals surface area contributed by atoms with Crippen molar-refractivity contribution in [2.45, 2.75) is 6.54 Å². The van der Waals surface area contributed by atoms with Gasteiger partial charge in [-0.25, -0.2) is 4.98 Å². The molecule has 0 atom stereocenters. The van der Waals surface area contributed by atoms with Gasteiger partial charge >= 0.3 is 0 Å². The maximum absolute atomic E-state index is 8.89. The third-order valence-corrected chi connectivity index (χ3v) is 4.63. The van der Waals surface area contributed by atoms with Crippen LogP contribution < -0.4 is 20.1 Å². The second kappa shape index (κ2) is 9.15. The first kappa shape index (κ1) is 20.2. The van der Waals surface area contributed by atoms with E-state index in [1.165, 1.54) is 6.20 Å². The molecule has 0 amide bonds. The van der Waals surface area contributed by atoms with Crippen LogP contribution in [0.1, 0.15) is 11.1 Å². The molecule has 4 aromatic rings. The van der Waals surface area contributed by atoms with Crippen molar-refractivity contribution in [3.05, 3.63) is 71.9 Å². The minimum absolute atomic E-state index is 0.376. The number of pyridine rings is 1. The van der Waals surface area contributed by atoms with Crippen LogP contribution in [0.15, 0.2) is 65.2 Å². The minimum Gasteiger partial charge on any atom is -0.493 e. The number of anilines is 1. The maximum Gasteiger partial charge on any atom is 0.298 e. The van der Waals surface area contributed by atoms with Gasteiger partial charge in [-0.1, -0.05) is 18.2 Å². The maximum atomic E-state index is 8.89. The summed E-state index contributed by atoms with van der Waals surface area (Å²) >= 11 is 0. The van der Waals surface area contributed by atoms with Crippen molar-refractivity contribution in [3.63, 3.8) is 0 Å². The van der Waals surface area contributed by atoms with E-state index in [4.69, 9.17) is 24.9 Å². The number of fused-ring (bicyclic) bond motifs is 1. The topological polar surface area (TPSA) is 110 Å². The molecule has 0 fully saturated rings. The number of nitrogens with two attached hydrogens (primary N) is 1. The van der Waals surface area contributed by atoms with E-state index in [0.717, 1.165) is 16.7 Å². The van der Waals surface area contributed by atoms with Crippen LogP contribution >= 0.6 is 0 Å². The average molecular weight is 415 g/mol. The van der Waals surface area contributed by atoms with Gasteiger partial charge in [0.15, 0.2) is 17.1 Å². The lowest BCUT2D eigenvalue weighted by Gasteiger charge is -2.20. The molecule has 0 spiro atoms. The molecule has 0 radical (unpaired) electrons. The zero-order chi connectivity index (χ0) is 21.6. The van der Waals surface area contributed by atoms with Crippen molar-refractivity contribution in [1.29, 1.82) is 5.26 Å². The van der Waals surface area contributed by atoms with E-state index >= 15 is 0 Å². The number of nitriles is 1. The summed E-state index contributed by atoms with van der Waals surface area (Å²) in [7, 11) is 1.58. The number of rotatable bonds is 8. The van der Waals surface area contributed by atoms with Crippen molar-refractivity contribution in [2.75, 3.05) is 25.1 Å². The van der Waals surface area contributed by atoms with Gasteiger partial charge in [0, 0.05) is 31.9 Å². The van der Waals surface area contributed by atoms with Crippen LogP contribution in [0.4, 0.5) is 6.01 Å². The Morgan fingerprint density at radius 2 is 2.00 bits per heavy atom. The van der Waals surface area contributed by atoms with Gasteiger partial charge in [0.2, 0.25) is 5.88 Å². The van der Waals surface area contributed by atoms with Gasteiger partial charge in [-0.2, -0.15) is 10.2 Å². The Morgan fingerprint density at radius 1 is 1.13 bits per heavy atom. The molecule has 0 aliphatic rings. The first-order chi connectivity index (χ1) is 15.2. The standard InChI is InChI=1S/C23H21N5O3/c1-29-21-12-16(6-8-20(21)30-22-9-7-17(13-25)14-26-22)15-28(11-10-24)23-27-18-4-2-3-5-19(18)31-23/h2-9,12,14H,10-11,15,24H2,1H3. The highest BCUT2D eigenvalue weighted by atomic mass is 16.5. The molecule has 2 aromatic heterocycles. The lowest BCUT2D eigenvalue weighted by atomic mass is 10.2.